The summed E-state index contributed by atoms with van der Waals surface area (Å²) in [6.45, 7) is 3.88. The summed E-state index contributed by atoms with van der Waals surface area (Å²) in [5.74, 6) is -4.89. The van der Waals surface area contributed by atoms with Crippen LogP contribution in [-0.4, -0.2) is 70.1 Å². The van der Waals surface area contributed by atoms with Gasteiger partial charge in [-0.2, -0.15) is 0 Å². The minimum absolute atomic E-state index is 0.608. The Bertz CT molecular complexity index is 564. The summed E-state index contributed by atoms with van der Waals surface area (Å²) in [5.41, 5.74) is 10.4. The summed E-state index contributed by atoms with van der Waals surface area (Å²) in [4.78, 5) is 57.9. The normalized spacial score (nSPS) is 16.3. The number of hydrogen-bond donors (Lipinski definition) is 7. The second kappa shape index (κ2) is 10.3. The van der Waals surface area contributed by atoms with Crippen LogP contribution >= 0.6 is 0 Å². The minimum Gasteiger partial charge on any atom is -0.480 e. The van der Waals surface area contributed by atoms with Crippen LogP contribution in [0.4, 0.5) is 0 Å². The Kier molecular flexibility index (Phi) is 9.22. The summed E-state index contributed by atoms with van der Waals surface area (Å²) in [5, 5.41) is 24.8. The van der Waals surface area contributed by atoms with Crippen LogP contribution in [0.25, 0.3) is 0 Å². The van der Waals surface area contributed by atoms with E-state index in [9.17, 15) is 29.1 Å². The van der Waals surface area contributed by atoms with Gasteiger partial charge in [-0.3, -0.25) is 19.2 Å². The highest BCUT2D eigenvalue weighted by molar-refractivity contribution is 5.95. The number of rotatable bonds is 10. The molecular weight excluding hydrogens is 350 g/mol. The molecule has 0 aliphatic rings. The molecule has 148 valence electrons. The molecule has 0 saturated carbocycles. The fourth-order valence-corrected chi connectivity index (χ4v) is 1.76. The van der Waals surface area contributed by atoms with Crippen LogP contribution in [0.2, 0.25) is 0 Å². The SMILES string of the molecule is CC(N)C(=O)NC(C)C(=O)NC(CC(N)=O)C(=O)NC(C(=O)O)C(C)O. The molecule has 5 atom stereocenters. The Hall–Kier alpha value is -2.73. The second-order valence-electron chi connectivity index (χ2n) is 5.82. The third-order valence-corrected chi connectivity index (χ3v) is 3.25. The average Bonchev–Trinajstić information content (AvgIpc) is 2.49. The van der Waals surface area contributed by atoms with Gasteiger partial charge in [0.15, 0.2) is 6.04 Å². The van der Waals surface area contributed by atoms with Crippen LogP contribution in [0, 0.1) is 0 Å². The highest BCUT2D eigenvalue weighted by Crippen LogP contribution is 1.99. The van der Waals surface area contributed by atoms with Crippen molar-refractivity contribution in [3.63, 3.8) is 0 Å². The molecule has 0 rings (SSSR count). The first kappa shape index (κ1) is 23.3. The van der Waals surface area contributed by atoms with Crippen LogP contribution in [0.15, 0.2) is 0 Å². The number of aliphatic hydroxyl groups is 1. The molecule has 9 N–H and O–H groups in total. The van der Waals surface area contributed by atoms with E-state index in [0.29, 0.717) is 0 Å². The number of carboxylic acids is 1. The maximum absolute atomic E-state index is 12.2. The number of carbonyl (C=O) groups excluding carboxylic acids is 4. The summed E-state index contributed by atoms with van der Waals surface area (Å²) in [6.07, 6.45) is -2.04. The molecule has 0 spiro atoms. The van der Waals surface area contributed by atoms with E-state index >= 15 is 0 Å². The summed E-state index contributed by atoms with van der Waals surface area (Å²) in [6, 6.07) is -5.08. The fourth-order valence-electron chi connectivity index (χ4n) is 1.76. The monoisotopic (exact) mass is 375 g/mol. The number of carbonyl (C=O) groups is 5. The molecule has 0 aromatic carbocycles. The van der Waals surface area contributed by atoms with Crippen molar-refractivity contribution in [3.05, 3.63) is 0 Å². The molecular formula is C14H25N5O7. The van der Waals surface area contributed by atoms with Gasteiger partial charge in [-0.05, 0) is 20.8 Å². The van der Waals surface area contributed by atoms with Crippen molar-refractivity contribution in [1.82, 2.24) is 16.0 Å². The highest BCUT2D eigenvalue weighted by atomic mass is 16.4. The number of carboxylic acid groups (broad SMARTS) is 1. The van der Waals surface area contributed by atoms with E-state index in [1.54, 1.807) is 0 Å². The lowest BCUT2D eigenvalue weighted by Gasteiger charge is -2.23. The van der Waals surface area contributed by atoms with Gasteiger partial charge in [0, 0.05) is 0 Å². The van der Waals surface area contributed by atoms with Gasteiger partial charge in [0.2, 0.25) is 23.6 Å². The molecule has 0 aromatic rings. The molecule has 0 radical (unpaired) electrons. The third kappa shape index (κ3) is 7.90. The zero-order valence-corrected chi connectivity index (χ0v) is 14.7. The van der Waals surface area contributed by atoms with Gasteiger partial charge in [0.25, 0.3) is 0 Å². The van der Waals surface area contributed by atoms with Gasteiger partial charge >= 0.3 is 5.97 Å². The Morgan fingerprint density at radius 2 is 1.46 bits per heavy atom. The van der Waals surface area contributed by atoms with Crippen LogP contribution in [-0.2, 0) is 24.0 Å². The van der Waals surface area contributed by atoms with Gasteiger partial charge in [0.1, 0.15) is 12.1 Å². The Labute approximate surface area is 149 Å². The molecule has 26 heavy (non-hydrogen) atoms. The first-order valence-corrected chi connectivity index (χ1v) is 7.72. The van der Waals surface area contributed by atoms with E-state index in [2.05, 4.69) is 10.6 Å². The minimum atomic E-state index is -1.65. The van der Waals surface area contributed by atoms with Crippen molar-refractivity contribution in [3.8, 4) is 0 Å². The summed E-state index contributed by atoms with van der Waals surface area (Å²) >= 11 is 0. The highest BCUT2D eigenvalue weighted by Gasteiger charge is 2.31. The molecule has 5 unspecified atom stereocenters. The number of nitrogens with two attached hydrogens (primary N) is 2. The smallest absolute Gasteiger partial charge is 0.328 e. The third-order valence-electron chi connectivity index (χ3n) is 3.25. The Morgan fingerprint density at radius 1 is 0.923 bits per heavy atom. The molecule has 0 heterocycles. The zero-order valence-electron chi connectivity index (χ0n) is 14.7. The van der Waals surface area contributed by atoms with Gasteiger partial charge in [-0.1, -0.05) is 0 Å². The van der Waals surface area contributed by atoms with E-state index in [1.165, 1.54) is 13.8 Å². The van der Waals surface area contributed by atoms with Crippen LogP contribution < -0.4 is 27.4 Å². The van der Waals surface area contributed by atoms with E-state index in [0.717, 1.165) is 6.92 Å². The molecule has 0 aromatic heterocycles. The molecule has 0 aliphatic carbocycles. The second-order valence-corrected chi connectivity index (χ2v) is 5.82. The van der Waals surface area contributed by atoms with Crippen LogP contribution in [0.3, 0.4) is 0 Å². The summed E-state index contributed by atoms with van der Waals surface area (Å²) < 4.78 is 0. The Morgan fingerprint density at radius 3 is 1.85 bits per heavy atom. The number of aliphatic hydroxyl groups excluding tert-OH is 1. The predicted octanol–water partition coefficient (Wildman–Crippen LogP) is -3.85. The number of nitrogens with one attached hydrogen (secondary N) is 3. The first-order valence-electron chi connectivity index (χ1n) is 7.72. The predicted molar refractivity (Wildman–Crippen MR) is 88.2 cm³/mol. The van der Waals surface area contributed by atoms with Crippen LogP contribution in [0.5, 0.6) is 0 Å². The molecule has 0 saturated heterocycles. The van der Waals surface area contributed by atoms with Crippen molar-refractivity contribution in [2.75, 3.05) is 0 Å². The lowest BCUT2D eigenvalue weighted by atomic mass is 10.1. The van der Waals surface area contributed by atoms with Gasteiger partial charge in [-0.25, -0.2) is 4.79 Å². The van der Waals surface area contributed by atoms with Crippen molar-refractivity contribution in [1.29, 1.82) is 0 Å². The van der Waals surface area contributed by atoms with Crippen molar-refractivity contribution >= 4 is 29.6 Å². The number of aliphatic carboxylic acids is 1. The van der Waals surface area contributed by atoms with Crippen molar-refractivity contribution < 1.29 is 34.2 Å². The molecule has 0 aliphatic heterocycles. The largest absolute Gasteiger partial charge is 0.480 e. The molecule has 12 heteroatoms. The van der Waals surface area contributed by atoms with E-state index in [-0.39, 0.29) is 0 Å². The molecule has 0 bridgehead atoms. The fraction of sp³-hybridized carbons (Fsp3) is 0.643. The number of hydrogen-bond acceptors (Lipinski definition) is 7. The number of amides is 4. The van der Waals surface area contributed by atoms with E-state index < -0.39 is 66.3 Å². The lowest BCUT2D eigenvalue weighted by Crippen LogP contribution is -2.58. The van der Waals surface area contributed by atoms with E-state index in [1.807, 2.05) is 5.32 Å². The first-order chi connectivity index (χ1) is 11.9. The standard InChI is InChI=1S/C14H25N5O7/c1-5(15)11(22)17-6(2)12(23)18-8(4-9(16)21)13(24)19-10(7(3)20)14(25)26/h5-8,10,20H,4,15H2,1-3H3,(H2,16,21)(H,17,22)(H,18,23)(H,19,24)(H,25,26). The maximum Gasteiger partial charge on any atom is 0.328 e. The summed E-state index contributed by atoms with van der Waals surface area (Å²) in [7, 11) is 0. The van der Waals surface area contributed by atoms with Crippen LogP contribution in [0.1, 0.15) is 27.2 Å². The average molecular weight is 375 g/mol. The lowest BCUT2D eigenvalue weighted by molar-refractivity contribution is -0.145. The maximum atomic E-state index is 12.2. The van der Waals surface area contributed by atoms with E-state index in [4.69, 9.17) is 16.6 Å². The van der Waals surface area contributed by atoms with Gasteiger partial charge in [-0.15, -0.1) is 0 Å². The zero-order chi connectivity index (χ0) is 20.6. The molecule has 12 nitrogen and oxygen atoms in total. The van der Waals surface area contributed by atoms with Crippen molar-refractivity contribution in [2.24, 2.45) is 11.5 Å². The van der Waals surface area contributed by atoms with Gasteiger partial charge in [0.05, 0.1) is 18.6 Å². The molecule has 4 amide bonds. The quantitative estimate of drug-likeness (QED) is 0.200. The topological polar surface area (TPSA) is 214 Å². The van der Waals surface area contributed by atoms with Crippen molar-refractivity contribution in [2.45, 2.75) is 57.5 Å². The Balaban J connectivity index is 5.11. The van der Waals surface area contributed by atoms with Gasteiger partial charge < -0.3 is 37.6 Å². The number of primary amides is 1. The molecule has 0 fully saturated rings.